The Balaban J connectivity index is 1.54. The molecule has 1 N–H and O–H groups in total. The smallest absolute Gasteiger partial charge is 0.231 e. The van der Waals surface area contributed by atoms with E-state index in [2.05, 4.69) is 34.4 Å². The van der Waals surface area contributed by atoms with Crippen LogP contribution >= 0.6 is 0 Å². The molecule has 1 aromatic carbocycles. The highest BCUT2D eigenvalue weighted by Gasteiger charge is 2.54. The van der Waals surface area contributed by atoms with Crippen molar-refractivity contribution in [3.63, 3.8) is 0 Å². The van der Waals surface area contributed by atoms with Gasteiger partial charge in [-0.05, 0) is 24.7 Å². The number of nitrogens with zero attached hydrogens (tertiary/aromatic N) is 3. The van der Waals surface area contributed by atoms with Gasteiger partial charge >= 0.3 is 0 Å². The van der Waals surface area contributed by atoms with Crippen molar-refractivity contribution < 1.29 is 4.79 Å². The van der Waals surface area contributed by atoms with Crippen molar-refractivity contribution in [1.29, 1.82) is 0 Å². The second kappa shape index (κ2) is 5.83. The molecule has 0 saturated carbocycles. The van der Waals surface area contributed by atoms with Gasteiger partial charge in [0.25, 0.3) is 0 Å². The second-order valence-electron chi connectivity index (χ2n) is 7.38. The molecule has 24 heavy (non-hydrogen) atoms. The lowest BCUT2D eigenvalue weighted by molar-refractivity contribution is -0.141. The molecule has 2 unspecified atom stereocenters. The fourth-order valence-corrected chi connectivity index (χ4v) is 4.40. The Morgan fingerprint density at radius 2 is 2.29 bits per heavy atom. The summed E-state index contributed by atoms with van der Waals surface area (Å²) in [6.45, 7) is 4.20. The van der Waals surface area contributed by atoms with Crippen LogP contribution in [0.4, 0.5) is 0 Å². The molecule has 0 aliphatic carbocycles. The van der Waals surface area contributed by atoms with Crippen LogP contribution in [-0.4, -0.2) is 61.0 Å². The molecular weight excluding hydrogens is 300 g/mol. The lowest BCUT2D eigenvalue weighted by Crippen LogP contribution is -2.47. The minimum Gasteiger partial charge on any atom is -0.341 e. The SMILES string of the molecule is CN1CC2CNCC2(C(=O)N(C)Cc2cnc3ccccc3c2)C1. The van der Waals surface area contributed by atoms with E-state index in [0.717, 1.165) is 42.6 Å². The van der Waals surface area contributed by atoms with Crippen LogP contribution in [0.15, 0.2) is 36.5 Å². The number of hydrogen-bond donors (Lipinski definition) is 1. The molecule has 2 saturated heterocycles. The van der Waals surface area contributed by atoms with E-state index in [1.54, 1.807) is 0 Å². The number of carbonyl (C=O) groups is 1. The molecular formula is C19H24N4O. The van der Waals surface area contributed by atoms with Crippen LogP contribution in [0, 0.1) is 11.3 Å². The minimum absolute atomic E-state index is 0.256. The van der Waals surface area contributed by atoms with E-state index < -0.39 is 0 Å². The van der Waals surface area contributed by atoms with Gasteiger partial charge in [-0.2, -0.15) is 0 Å². The monoisotopic (exact) mass is 324 g/mol. The summed E-state index contributed by atoms with van der Waals surface area (Å²) in [6.07, 6.45) is 1.88. The molecule has 1 aromatic heterocycles. The molecule has 2 aliphatic rings. The Morgan fingerprint density at radius 1 is 1.46 bits per heavy atom. The summed E-state index contributed by atoms with van der Waals surface area (Å²) in [5, 5.41) is 4.54. The van der Waals surface area contributed by atoms with Gasteiger partial charge in [-0.25, -0.2) is 0 Å². The van der Waals surface area contributed by atoms with Crippen molar-refractivity contribution in [2.75, 3.05) is 40.3 Å². The lowest BCUT2D eigenvalue weighted by Gasteiger charge is -2.31. The van der Waals surface area contributed by atoms with Gasteiger partial charge in [0.2, 0.25) is 5.91 Å². The highest BCUT2D eigenvalue weighted by molar-refractivity contribution is 5.84. The van der Waals surface area contributed by atoms with Crippen molar-refractivity contribution >= 4 is 16.8 Å². The first-order chi connectivity index (χ1) is 11.6. The summed E-state index contributed by atoms with van der Waals surface area (Å²) in [7, 11) is 4.03. The van der Waals surface area contributed by atoms with Crippen LogP contribution in [0.25, 0.3) is 10.9 Å². The van der Waals surface area contributed by atoms with Gasteiger partial charge in [0.15, 0.2) is 0 Å². The van der Waals surface area contributed by atoms with Crippen LogP contribution in [0.2, 0.25) is 0 Å². The number of amides is 1. The molecule has 2 fully saturated rings. The maximum absolute atomic E-state index is 13.2. The van der Waals surface area contributed by atoms with Crippen molar-refractivity contribution in [2.24, 2.45) is 11.3 Å². The number of para-hydroxylation sites is 1. The van der Waals surface area contributed by atoms with E-state index in [4.69, 9.17) is 0 Å². The Labute approximate surface area is 142 Å². The van der Waals surface area contributed by atoms with E-state index in [-0.39, 0.29) is 11.3 Å². The van der Waals surface area contributed by atoms with Crippen molar-refractivity contribution in [3.05, 3.63) is 42.1 Å². The molecule has 5 heteroatoms. The standard InChI is InChI=1S/C19H24N4O/c1-22-11-16-9-20-12-19(16,13-22)18(24)23(2)10-14-7-15-5-3-4-6-17(15)21-8-14/h3-8,16,20H,9-13H2,1-2H3. The van der Waals surface area contributed by atoms with Gasteiger partial charge < -0.3 is 15.1 Å². The summed E-state index contributed by atoms with van der Waals surface area (Å²) in [5.74, 6) is 0.683. The lowest BCUT2D eigenvalue weighted by atomic mass is 9.79. The number of carbonyl (C=O) groups excluding carboxylic acids is 1. The third-order valence-corrected chi connectivity index (χ3v) is 5.54. The van der Waals surface area contributed by atoms with Crippen LogP contribution in [0.1, 0.15) is 5.56 Å². The van der Waals surface area contributed by atoms with E-state index in [1.165, 1.54) is 0 Å². The zero-order valence-corrected chi connectivity index (χ0v) is 14.3. The molecule has 1 amide bonds. The zero-order chi connectivity index (χ0) is 16.7. The Kier molecular flexibility index (Phi) is 3.77. The van der Waals surface area contributed by atoms with Crippen LogP contribution in [-0.2, 0) is 11.3 Å². The fourth-order valence-electron chi connectivity index (χ4n) is 4.40. The summed E-state index contributed by atoms with van der Waals surface area (Å²) in [4.78, 5) is 21.9. The molecule has 3 heterocycles. The summed E-state index contributed by atoms with van der Waals surface area (Å²) in [6, 6.07) is 10.2. The molecule has 2 atom stereocenters. The fraction of sp³-hybridized carbons (Fsp3) is 0.474. The van der Waals surface area contributed by atoms with Gasteiger partial charge in [0.05, 0.1) is 10.9 Å². The normalized spacial score (nSPS) is 26.7. The van der Waals surface area contributed by atoms with Gasteiger partial charge in [0, 0.05) is 57.3 Å². The number of hydrogen-bond acceptors (Lipinski definition) is 4. The zero-order valence-electron chi connectivity index (χ0n) is 14.3. The average molecular weight is 324 g/mol. The third kappa shape index (κ3) is 2.48. The van der Waals surface area contributed by atoms with E-state index in [9.17, 15) is 4.79 Å². The van der Waals surface area contributed by atoms with E-state index >= 15 is 0 Å². The maximum Gasteiger partial charge on any atom is 0.231 e. The van der Waals surface area contributed by atoms with Crippen molar-refractivity contribution in [3.8, 4) is 0 Å². The van der Waals surface area contributed by atoms with E-state index in [0.29, 0.717) is 12.5 Å². The predicted octanol–water partition coefficient (Wildman–Crippen LogP) is 1.34. The van der Waals surface area contributed by atoms with Crippen LogP contribution < -0.4 is 5.32 Å². The van der Waals surface area contributed by atoms with Crippen LogP contribution in [0.5, 0.6) is 0 Å². The number of aromatic nitrogens is 1. The Bertz CT molecular complexity index is 777. The first-order valence-electron chi connectivity index (χ1n) is 8.57. The van der Waals surface area contributed by atoms with E-state index in [1.807, 2.05) is 36.3 Å². The summed E-state index contributed by atoms with van der Waals surface area (Å²) < 4.78 is 0. The quantitative estimate of drug-likeness (QED) is 0.926. The first-order valence-corrected chi connectivity index (χ1v) is 8.57. The Morgan fingerprint density at radius 3 is 3.17 bits per heavy atom. The molecule has 0 radical (unpaired) electrons. The van der Waals surface area contributed by atoms with Gasteiger partial charge in [0.1, 0.15) is 0 Å². The number of rotatable bonds is 3. The first kappa shape index (κ1) is 15.5. The predicted molar refractivity (Wildman–Crippen MR) is 94.5 cm³/mol. The molecule has 0 bridgehead atoms. The number of likely N-dealkylation sites (tertiary alicyclic amines) is 1. The van der Waals surface area contributed by atoms with Gasteiger partial charge in [-0.15, -0.1) is 0 Å². The van der Waals surface area contributed by atoms with Gasteiger partial charge in [-0.3, -0.25) is 9.78 Å². The molecule has 2 aliphatic heterocycles. The molecule has 2 aromatic rings. The molecule has 126 valence electrons. The topological polar surface area (TPSA) is 48.5 Å². The number of fused-ring (bicyclic) bond motifs is 2. The third-order valence-electron chi connectivity index (χ3n) is 5.54. The Hall–Kier alpha value is -1.98. The van der Waals surface area contributed by atoms with Crippen molar-refractivity contribution in [2.45, 2.75) is 6.54 Å². The number of nitrogens with one attached hydrogen (secondary N) is 1. The molecule has 4 rings (SSSR count). The van der Waals surface area contributed by atoms with Gasteiger partial charge in [-0.1, -0.05) is 18.2 Å². The summed E-state index contributed by atoms with van der Waals surface area (Å²) in [5.41, 5.74) is 1.81. The highest BCUT2D eigenvalue weighted by atomic mass is 16.2. The largest absolute Gasteiger partial charge is 0.341 e. The average Bonchev–Trinajstić information content (AvgIpc) is 3.10. The van der Waals surface area contributed by atoms with Crippen molar-refractivity contribution in [1.82, 2.24) is 20.1 Å². The second-order valence-corrected chi connectivity index (χ2v) is 7.38. The molecule has 5 nitrogen and oxygen atoms in total. The van der Waals surface area contributed by atoms with Crippen LogP contribution in [0.3, 0.4) is 0 Å². The maximum atomic E-state index is 13.2. The minimum atomic E-state index is -0.256. The number of pyridine rings is 1. The summed E-state index contributed by atoms with van der Waals surface area (Å²) >= 11 is 0. The molecule has 0 spiro atoms. The number of benzene rings is 1. The highest BCUT2D eigenvalue weighted by Crippen LogP contribution is 2.40.